The van der Waals surface area contributed by atoms with Crippen molar-refractivity contribution in [2.75, 3.05) is 26.3 Å². The maximum atomic E-state index is 9.62. The van der Waals surface area contributed by atoms with Crippen LogP contribution in [0.3, 0.4) is 0 Å². The number of rotatable bonds is 2. The topological polar surface area (TPSA) is 41.9 Å². The fraction of sp³-hybridized carbons (Fsp3) is 0.571. The number of phenolic OH excluding ortho intramolecular Hbond substituents is 1. The minimum atomic E-state index is 0. The summed E-state index contributed by atoms with van der Waals surface area (Å²) in [6.07, 6.45) is 1.16. The van der Waals surface area contributed by atoms with E-state index in [1.54, 1.807) is 12.1 Å². The number of fused-ring (bicyclic) bond motifs is 3. The van der Waals surface area contributed by atoms with Gasteiger partial charge in [-0.25, -0.2) is 0 Å². The lowest BCUT2D eigenvalue weighted by Crippen LogP contribution is -2.52. The van der Waals surface area contributed by atoms with Gasteiger partial charge in [0.15, 0.2) is 0 Å². The summed E-state index contributed by atoms with van der Waals surface area (Å²) in [5, 5.41) is 9.62. The van der Waals surface area contributed by atoms with E-state index in [2.05, 4.69) is 11.8 Å². The van der Waals surface area contributed by atoms with Crippen molar-refractivity contribution in [2.45, 2.75) is 25.5 Å². The van der Waals surface area contributed by atoms with Gasteiger partial charge in [0.2, 0.25) is 0 Å². The molecule has 4 nitrogen and oxygen atoms in total. The number of ether oxygens (including phenoxy) is 2. The van der Waals surface area contributed by atoms with E-state index in [-0.39, 0.29) is 30.3 Å². The molecule has 1 aromatic rings. The first-order valence-electron chi connectivity index (χ1n) is 6.61. The normalized spacial score (nSPS) is 25.7. The first kappa shape index (κ1) is 14.4. The van der Waals surface area contributed by atoms with E-state index in [0.717, 1.165) is 37.4 Å². The van der Waals surface area contributed by atoms with Gasteiger partial charge in [0, 0.05) is 12.1 Å². The summed E-state index contributed by atoms with van der Waals surface area (Å²) in [6.45, 7) is 5.64. The molecule has 3 rings (SSSR count). The Hall–Kier alpha value is -0.970. The molecule has 0 radical (unpaired) electrons. The zero-order valence-corrected chi connectivity index (χ0v) is 11.9. The van der Waals surface area contributed by atoms with Crippen LogP contribution in [0.5, 0.6) is 11.5 Å². The Bertz CT molecular complexity index is 439. The van der Waals surface area contributed by atoms with Crippen molar-refractivity contribution < 1.29 is 14.6 Å². The average Bonchev–Trinajstić information content (AvgIpc) is 2.39. The molecule has 0 spiro atoms. The van der Waals surface area contributed by atoms with Crippen molar-refractivity contribution in [3.8, 4) is 11.5 Å². The molecule has 0 unspecified atom stereocenters. The number of halogens is 1. The summed E-state index contributed by atoms with van der Waals surface area (Å²) < 4.78 is 11.7. The van der Waals surface area contributed by atoms with E-state index in [9.17, 15) is 5.11 Å². The number of nitrogens with zero attached hydrogens (tertiary/aromatic N) is 1. The molecule has 0 aromatic heterocycles. The Labute approximate surface area is 119 Å². The van der Waals surface area contributed by atoms with Gasteiger partial charge in [0.05, 0.1) is 12.6 Å². The molecule has 0 aliphatic carbocycles. The van der Waals surface area contributed by atoms with Crippen LogP contribution >= 0.6 is 12.4 Å². The van der Waals surface area contributed by atoms with Crippen LogP contribution in [0.1, 0.15) is 25.0 Å². The van der Waals surface area contributed by atoms with Gasteiger partial charge in [-0.2, -0.15) is 0 Å². The van der Waals surface area contributed by atoms with Crippen molar-refractivity contribution in [3.63, 3.8) is 0 Å². The molecular formula is C14H20ClNO3. The molecule has 19 heavy (non-hydrogen) atoms. The maximum Gasteiger partial charge on any atom is 0.125 e. The third-order valence-corrected chi connectivity index (χ3v) is 3.71. The van der Waals surface area contributed by atoms with Crippen molar-refractivity contribution in [1.82, 2.24) is 4.90 Å². The van der Waals surface area contributed by atoms with Gasteiger partial charge in [-0.15, -0.1) is 12.4 Å². The van der Waals surface area contributed by atoms with E-state index < -0.39 is 0 Å². The second kappa shape index (κ2) is 5.99. The fourth-order valence-corrected chi connectivity index (χ4v) is 2.88. The van der Waals surface area contributed by atoms with Crippen LogP contribution < -0.4 is 4.74 Å². The third kappa shape index (κ3) is 2.66. The summed E-state index contributed by atoms with van der Waals surface area (Å²) in [6, 6.07) is 5.52. The standard InChI is InChI=1S/C14H19NO3.ClH/c1-2-5-15-6-7-17-14-11-8-10(16)3-4-13(11)18-9-12(14)15;/h3-4,8,12,14,16H,2,5-7,9H2,1H3;1H/t12-,14+;/m0./s1. The van der Waals surface area contributed by atoms with Gasteiger partial charge in [0.25, 0.3) is 0 Å². The lowest BCUT2D eigenvalue weighted by atomic mass is 9.96. The number of hydrogen-bond acceptors (Lipinski definition) is 4. The Morgan fingerprint density at radius 2 is 2.26 bits per heavy atom. The summed E-state index contributed by atoms with van der Waals surface area (Å²) in [5.74, 6) is 1.11. The molecular weight excluding hydrogens is 266 g/mol. The first-order valence-corrected chi connectivity index (χ1v) is 6.61. The van der Waals surface area contributed by atoms with Crippen LogP contribution in [-0.4, -0.2) is 42.4 Å². The number of phenols is 1. The molecule has 0 bridgehead atoms. The summed E-state index contributed by atoms with van der Waals surface area (Å²) in [7, 11) is 0. The van der Waals surface area contributed by atoms with Crippen molar-refractivity contribution in [3.05, 3.63) is 23.8 Å². The molecule has 1 fully saturated rings. The fourth-order valence-electron chi connectivity index (χ4n) is 2.88. The number of morpholine rings is 1. The average molecular weight is 286 g/mol. The third-order valence-electron chi connectivity index (χ3n) is 3.71. The molecule has 2 aliphatic rings. The molecule has 5 heteroatoms. The molecule has 2 atom stereocenters. The lowest BCUT2D eigenvalue weighted by molar-refractivity contribution is -0.0956. The predicted octanol–water partition coefficient (Wildman–Crippen LogP) is 2.36. The first-order chi connectivity index (χ1) is 8.79. The van der Waals surface area contributed by atoms with Crippen LogP contribution in [0.25, 0.3) is 0 Å². The van der Waals surface area contributed by atoms with Crippen molar-refractivity contribution >= 4 is 12.4 Å². The van der Waals surface area contributed by atoms with Crippen molar-refractivity contribution in [2.24, 2.45) is 0 Å². The van der Waals surface area contributed by atoms with Gasteiger partial charge >= 0.3 is 0 Å². The van der Waals surface area contributed by atoms with E-state index in [0.29, 0.717) is 6.61 Å². The minimum Gasteiger partial charge on any atom is -0.508 e. The van der Waals surface area contributed by atoms with Crippen molar-refractivity contribution in [1.29, 1.82) is 0 Å². The zero-order valence-electron chi connectivity index (χ0n) is 11.0. The summed E-state index contributed by atoms with van der Waals surface area (Å²) >= 11 is 0. The lowest BCUT2D eigenvalue weighted by Gasteiger charge is -2.44. The second-order valence-corrected chi connectivity index (χ2v) is 4.93. The predicted molar refractivity (Wildman–Crippen MR) is 75.2 cm³/mol. The van der Waals surface area contributed by atoms with Gasteiger partial charge in [-0.1, -0.05) is 6.92 Å². The smallest absolute Gasteiger partial charge is 0.125 e. The molecule has 2 heterocycles. The highest BCUT2D eigenvalue weighted by atomic mass is 35.5. The Kier molecular flexibility index (Phi) is 4.55. The maximum absolute atomic E-state index is 9.62. The highest BCUT2D eigenvalue weighted by Crippen LogP contribution is 2.40. The Morgan fingerprint density at radius 1 is 1.42 bits per heavy atom. The number of benzene rings is 1. The molecule has 106 valence electrons. The number of hydrogen-bond donors (Lipinski definition) is 1. The van der Waals surface area contributed by atoms with Gasteiger partial charge in [-0.05, 0) is 31.2 Å². The molecule has 1 N–H and O–H groups in total. The molecule has 1 aromatic carbocycles. The highest BCUT2D eigenvalue weighted by molar-refractivity contribution is 5.85. The quantitative estimate of drug-likeness (QED) is 0.906. The van der Waals surface area contributed by atoms with Crippen LogP contribution in [-0.2, 0) is 4.74 Å². The van der Waals surface area contributed by atoms with E-state index in [4.69, 9.17) is 9.47 Å². The van der Waals surface area contributed by atoms with Crippen LogP contribution in [0.4, 0.5) is 0 Å². The van der Waals surface area contributed by atoms with Crippen LogP contribution in [0.15, 0.2) is 18.2 Å². The molecule has 1 saturated heterocycles. The number of aromatic hydroxyl groups is 1. The Balaban J connectivity index is 0.00000133. The van der Waals surface area contributed by atoms with E-state index in [1.807, 2.05) is 6.07 Å². The van der Waals surface area contributed by atoms with E-state index >= 15 is 0 Å². The minimum absolute atomic E-state index is 0. The SMILES string of the molecule is CCCN1CCO[C@@H]2c3cc(O)ccc3OC[C@@H]21.Cl. The van der Waals surface area contributed by atoms with Gasteiger partial charge in [0.1, 0.15) is 24.2 Å². The van der Waals surface area contributed by atoms with Gasteiger partial charge in [-0.3, -0.25) is 4.90 Å². The monoisotopic (exact) mass is 285 g/mol. The molecule has 0 saturated carbocycles. The van der Waals surface area contributed by atoms with E-state index in [1.165, 1.54) is 0 Å². The largest absolute Gasteiger partial charge is 0.508 e. The zero-order chi connectivity index (χ0) is 12.5. The molecule has 0 amide bonds. The summed E-state index contributed by atoms with van der Waals surface area (Å²) in [5.41, 5.74) is 0.979. The second-order valence-electron chi connectivity index (χ2n) is 4.93. The highest BCUT2D eigenvalue weighted by Gasteiger charge is 2.38. The Morgan fingerprint density at radius 3 is 3.05 bits per heavy atom. The summed E-state index contributed by atoms with van der Waals surface area (Å²) in [4.78, 5) is 2.43. The molecule has 2 aliphatic heterocycles. The van der Waals surface area contributed by atoms with Crippen LogP contribution in [0.2, 0.25) is 0 Å². The van der Waals surface area contributed by atoms with Crippen LogP contribution in [0, 0.1) is 0 Å². The van der Waals surface area contributed by atoms with Gasteiger partial charge < -0.3 is 14.6 Å².